The van der Waals surface area contributed by atoms with Gasteiger partial charge in [-0.3, -0.25) is 14.6 Å². The fourth-order valence-electron chi connectivity index (χ4n) is 3.66. The Labute approximate surface area is 166 Å². The smallest absolute Gasteiger partial charge is 0.254 e. The molecule has 6 heteroatoms. The van der Waals surface area contributed by atoms with Crippen molar-refractivity contribution in [1.29, 1.82) is 0 Å². The number of carbonyl (C=O) groups is 2. The monoisotopic (exact) mass is 381 g/mol. The highest BCUT2D eigenvalue weighted by Crippen LogP contribution is 2.31. The molecule has 1 fully saturated rings. The molecule has 2 aromatic rings. The van der Waals surface area contributed by atoms with Crippen molar-refractivity contribution >= 4 is 11.8 Å². The van der Waals surface area contributed by atoms with Crippen LogP contribution in [0.2, 0.25) is 0 Å². The van der Waals surface area contributed by atoms with E-state index in [4.69, 9.17) is 4.74 Å². The van der Waals surface area contributed by atoms with Gasteiger partial charge in [0.1, 0.15) is 11.3 Å². The van der Waals surface area contributed by atoms with Crippen molar-refractivity contribution < 1.29 is 14.3 Å². The molecule has 0 atom stereocenters. The number of amides is 2. The number of benzene rings is 1. The number of ether oxygens (including phenoxy) is 1. The Hall–Kier alpha value is -2.89. The molecule has 0 radical (unpaired) electrons. The van der Waals surface area contributed by atoms with E-state index in [-0.39, 0.29) is 11.8 Å². The molecular weight excluding hydrogens is 354 g/mol. The molecule has 6 nitrogen and oxygen atoms in total. The van der Waals surface area contributed by atoms with Crippen molar-refractivity contribution in [1.82, 2.24) is 14.8 Å². The number of nitrogens with zero attached hydrogens (tertiary/aromatic N) is 3. The summed E-state index contributed by atoms with van der Waals surface area (Å²) in [6.45, 7) is 7.48. The Bertz CT molecular complexity index is 865. The number of piperazine rings is 1. The summed E-state index contributed by atoms with van der Waals surface area (Å²) in [6, 6.07) is 10.9. The van der Waals surface area contributed by atoms with Crippen LogP contribution >= 0.6 is 0 Å². The summed E-state index contributed by atoms with van der Waals surface area (Å²) in [5.74, 6) is 0.486. The van der Waals surface area contributed by atoms with Crippen LogP contribution in [0.25, 0.3) is 11.3 Å². The minimum atomic E-state index is -0.879. The Morgan fingerprint density at radius 3 is 2.64 bits per heavy atom. The minimum Gasteiger partial charge on any atom is -0.496 e. The van der Waals surface area contributed by atoms with Gasteiger partial charge in [-0.2, -0.15) is 0 Å². The number of hydrogen-bond donors (Lipinski definition) is 0. The van der Waals surface area contributed by atoms with Crippen molar-refractivity contribution in [3.63, 3.8) is 0 Å². The first-order valence-electron chi connectivity index (χ1n) is 9.61. The van der Waals surface area contributed by atoms with Crippen molar-refractivity contribution in [3.05, 3.63) is 48.2 Å². The van der Waals surface area contributed by atoms with E-state index in [0.29, 0.717) is 24.4 Å². The largest absolute Gasteiger partial charge is 0.496 e. The molecule has 0 spiro atoms. The zero-order valence-electron chi connectivity index (χ0n) is 16.9. The molecule has 28 heavy (non-hydrogen) atoms. The van der Waals surface area contributed by atoms with E-state index in [0.717, 1.165) is 24.2 Å². The van der Waals surface area contributed by atoms with Crippen LogP contribution in [-0.2, 0) is 4.79 Å². The zero-order chi connectivity index (χ0) is 20.3. The first kappa shape index (κ1) is 19.9. The molecule has 3 rings (SSSR count). The highest BCUT2D eigenvalue weighted by atomic mass is 16.5. The molecule has 1 aromatic heterocycles. The number of aromatic nitrogens is 1. The molecule has 1 aliphatic rings. The van der Waals surface area contributed by atoms with E-state index < -0.39 is 5.54 Å². The molecule has 1 aliphatic heterocycles. The van der Waals surface area contributed by atoms with E-state index >= 15 is 0 Å². The molecule has 0 N–H and O–H groups in total. The van der Waals surface area contributed by atoms with Crippen LogP contribution in [0.4, 0.5) is 0 Å². The Morgan fingerprint density at radius 1 is 1.21 bits per heavy atom. The van der Waals surface area contributed by atoms with Crippen LogP contribution in [0.5, 0.6) is 5.75 Å². The lowest BCUT2D eigenvalue weighted by molar-refractivity contribution is -0.146. The number of pyridine rings is 1. The van der Waals surface area contributed by atoms with Crippen molar-refractivity contribution in [2.24, 2.45) is 0 Å². The van der Waals surface area contributed by atoms with Crippen LogP contribution in [0.3, 0.4) is 0 Å². The lowest BCUT2D eigenvalue weighted by atomic mass is 9.95. The van der Waals surface area contributed by atoms with Gasteiger partial charge in [0, 0.05) is 37.0 Å². The molecule has 1 saturated heterocycles. The molecule has 148 valence electrons. The number of hydrogen-bond acceptors (Lipinski definition) is 4. The van der Waals surface area contributed by atoms with Crippen molar-refractivity contribution in [2.45, 2.75) is 32.7 Å². The summed E-state index contributed by atoms with van der Waals surface area (Å²) >= 11 is 0. The lowest BCUT2D eigenvalue weighted by Gasteiger charge is -2.46. The summed E-state index contributed by atoms with van der Waals surface area (Å²) < 4.78 is 5.45. The third-order valence-corrected chi connectivity index (χ3v) is 5.20. The minimum absolute atomic E-state index is 0.00703. The second-order valence-corrected chi connectivity index (χ2v) is 7.44. The van der Waals surface area contributed by atoms with Gasteiger partial charge in [0.2, 0.25) is 5.91 Å². The van der Waals surface area contributed by atoms with Gasteiger partial charge in [0.05, 0.1) is 12.8 Å². The molecule has 1 aromatic carbocycles. The van der Waals surface area contributed by atoms with Crippen molar-refractivity contribution in [3.8, 4) is 17.0 Å². The highest BCUT2D eigenvalue weighted by molar-refractivity contribution is 6.00. The molecule has 0 saturated carbocycles. The SMILES string of the molecule is CCCN1CCN(C(=O)c2ccc(OC)c(-c3ccccn3)c2)C(C)(C)C1=O. The van der Waals surface area contributed by atoms with E-state index in [9.17, 15) is 9.59 Å². The van der Waals surface area contributed by atoms with E-state index in [2.05, 4.69) is 4.98 Å². The number of rotatable bonds is 5. The molecular formula is C22H27N3O3. The summed E-state index contributed by atoms with van der Waals surface area (Å²) in [7, 11) is 1.60. The Morgan fingerprint density at radius 2 is 2.00 bits per heavy atom. The van der Waals surface area contributed by atoms with E-state index in [1.54, 1.807) is 36.4 Å². The van der Waals surface area contributed by atoms with Crippen LogP contribution in [-0.4, -0.2) is 58.9 Å². The van der Waals surface area contributed by atoms with Crippen LogP contribution in [0.1, 0.15) is 37.6 Å². The third-order valence-electron chi connectivity index (χ3n) is 5.20. The maximum atomic E-state index is 13.3. The van der Waals surface area contributed by atoms with Gasteiger partial charge in [-0.25, -0.2) is 0 Å². The molecule has 0 aliphatic carbocycles. The fourth-order valence-corrected chi connectivity index (χ4v) is 3.66. The molecule has 2 amide bonds. The summed E-state index contributed by atoms with van der Waals surface area (Å²) in [4.78, 5) is 34.1. The van der Waals surface area contributed by atoms with Crippen LogP contribution < -0.4 is 4.74 Å². The normalized spacial score (nSPS) is 16.2. The quantitative estimate of drug-likeness (QED) is 0.798. The Balaban J connectivity index is 1.94. The lowest BCUT2D eigenvalue weighted by Crippen LogP contribution is -2.64. The zero-order valence-corrected chi connectivity index (χ0v) is 16.9. The molecule has 0 bridgehead atoms. The molecule has 2 heterocycles. The van der Waals surface area contributed by atoms with Gasteiger partial charge in [0.25, 0.3) is 5.91 Å². The van der Waals surface area contributed by atoms with E-state index in [1.165, 1.54) is 0 Å². The number of carbonyl (C=O) groups excluding carboxylic acids is 2. The van der Waals surface area contributed by atoms with Gasteiger partial charge in [0.15, 0.2) is 0 Å². The number of methoxy groups -OCH3 is 1. The van der Waals surface area contributed by atoms with Gasteiger partial charge < -0.3 is 14.5 Å². The summed E-state index contributed by atoms with van der Waals surface area (Å²) in [6.07, 6.45) is 2.61. The second-order valence-electron chi connectivity index (χ2n) is 7.44. The van der Waals surface area contributed by atoms with Crippen LogP contribution in [0.15, 0.2) is 42.6 Å². The maximum Gasteiger partial charge on any atom is 0.254 e. The molecule has 0 unspecified atom stereocenters. The fraction of sp³-hybridized carbons (Fsp3) is 0.409. The van der Waals surface area contributed by atoms with Gasteiger partial charge in [-0.1, -0.05) is 13.0 Å². The highest BCUT2D eigenvalue weighted by Gasteiger charge is 2.44. The van der Waals surface area contributed by atoms with Gasteiger partial charge in [-0.05, 0) is 50.6 Å². The topological polar surface area (TPSA) is 62.7 Å². The second kappa shape index (κ2) is 8.00. The standard InChI is InChI=1S/C22H27N3O3/c1-5-12-24-13-14-25(22(2,3)21(24)27)20(26)16-9-10-19(28-4)17(15-16)18-8-6-7-11-23-18/h6-11,15H,5,12-14H2,1-4H3. The average molecular weight is 381 g/mol. The van der Waals surface area contributed by atoms with Gasteiger partial charge >= 0.3 is 0 Å². The summed E-state index contributed by atoms with van der Waals surface area (Å²) in [5, 5.41) is 0. The van der Waals surface area contributed by atoms with Crippen LogP contribution in [0, 0.1) is 0 Å². The Kier molecular flexibility index (Phi) is 5.68. The van der Waals surface area contributed by atoms with Crippen molar-refractivity contribution in [2.75, 3.05) is 26.7 Å². The summed E-state index contributed by atoms with van der Waals surface area (Å²) in [5.41, 5.74) is 1.13. The third kappa shape index (κ3) is 3.59. The first-order valence-corrected chi connectivity index (χ1v) is 9.61. The first-order chi connectivity index (χ1) is 13.4. The maximum absolute atomic E-state index is 13.3. The average Bonchev–Trinajstić information content (AvgIpc) is 2.71. The predicted molar refractivity (Wildman–Crippen MR) is 108 cm³/mol. The predicted octanol–water partition coefficient (Wildman–Crippen LogP) is 3.23. The van der Waals surface area contributed by atoms with E-state index in [1.807, 2.05) is 43.9 Å². The van der Waals surface area contributed by atoms with Gasteiger partial charge in [-0.15, -0.1) is 0 Å².